The van der Waals surface area contributed by atoms with Crippen LogP contribution in [0.15, 0.2) is 4.99 Å². The summed E-state index contributed by atoms with van der Waals surface area (Å²) in [6.45, 7) is 5.40. The highest BCUT2D eigenvalue weighted by molar-refractivity contribution is 5.24. The molecule has 58 valence electrons. The maximum Gasteiger partial charge on any atom is 0.0621 e. The Hall–Kier alpha value is -0.370. The zero-order valence-corrected chi connectivity index (χ0v) is 6.51. The van der Waals surface area contributed by atoms with Gasteiger partial charge in [-0.3, -0.25) is 4.99 Å². The first-order chi connectivity index (χ1) is 4.64. The lowest BCUT2D eigenvalue weighted by Gasteiger charge is -2.30. The van der Waals surface area contributed by atoms with Crippen molar-refractivity contribution in [1.82, 2.24) is 0 Å². The van der Waals surface area contributed by atoms with Gasteiger partial charge in [-0.2, -0.15) is 0 Å². The highest BCUT2D eigenvalue weighted by Crippen LogP contribution is 2.28. The van der Waals surface area contributed by atoms with E-state index in [4.69, 9.17) is 0 Å². The fourth-order valence-corrected chi connectivity index (χ4v) is 1.41. The van der Waals surface area contributed by atoms with Crippen LogP contribution in [0, 0.1) is 0 Å². The Kier molecular flexibility index (Phi) is 2.09. The van der Waals surface area contributed by atoms with Gasteiger partial charge in [-0.05, 0) is 39.3 Å². The van der Waals surface area contributed by atoms with E-state index >= 15 is 0 Å². The number of rotatable bonds is 1. The van der Waals surface area contributed by atoms with Gasteiger partial charge in [0.2, 0.25) is 0 Å². The minimum Gasteiger partial charge on any atom is -0.390 e. The minimum atomic E-state index is -0.429. The van der Waals surface area contributed by atoms with E-state index in [0.717, 1.165) is 25.7 Å². The van der Waals surface area contributed by atoms with Gasteiger partial charge in [0, 0.05) is 6.04 Å². The molecule has 0 heterocycles. The monoisotopic (exact) mass is 141 g/mol. The lowest BCUT2D eigenvalue weighted by atomic mass is 9.84. The van der Waals surface area contributed by atoms with E-state index in [-0.39, 0.29) is 0 Å². The van der Waals surface area contributed by atoms with Gasteiger partial charge < -0.3 is 5.11 Å². The van der Waals surface area contributed by atoms with Crippen molar-refractivity contribution in [3.05, 3.63) is 0 Å². The second-order valence-electron chi connectivity index (χ2n) is 3.41. The summed E-state index contributed by atoms with van der Waals surface area (Å²) in [6.07, 6.45) is 3.74. The average Bonchev–Trinajstić information content (AvgIpc) is 1.88. The first kappa shape index (κ1) is 7.73. The van der Waals surface area contributed by atoms with Crippen LogP contribution in [0.3, 0.4) is 0 Å². The quantitative estimate of drug-likeness (QED) is 0.550. The fourth-order valence-electron chi connectivity index (χ4n) is 1.41. The van der Waals surface area contributed by atoms with Crippen molar-refractivity contribution in [3.8, 4) is 0 Å². The van der Waals surface area contributed by atoms with Crippen LogP contribution in [0.1, 0.15) is 32.6 Å². The summed E-state index contributed by atoms with van der Waals surface area (Å²) in [5.41, 5.74) is -0.429. The molecule has 10 heavy (non-hydrogen) atoms. The van der Waals surface area contributed by atoms with E-state index in [1.165, 1.54) is 0 Å². The standard InChI is InChI=1S/C8H15NO/c1-8(10)5-3-7(9-2)4-6-8/h7,10H,2-6H2,1H3. The molecule has 0 saturated heterocycles. The summed E-state index contributed by atoms with van der Waals surface area (Å²) in [5, 5.41) is 9.53. The summed E-state index contributed by atoms with van der Waals surface area (Å²) in [4.78, 5) is 3.95. The molecular weight excluding hydrogens is 126 g/mol. The van der Waals surface area contributed by atoms with Crippen molar-refractivity contribution in [2.24, 2.45) is 4.99 Å². The normalized spacial score (nSPS) is 41.2. The van der Waals surface area contributed by atoms with Crippen LogP contribution < -0.4 is 0 Å². The van der Waals surface area contributed by atoms with Crippen molar-refractivity contribution in [2.75, 3.05) is 0 Å². The van der Waals surface area contributed by atoms with Crippen molar-refractivity contribution in [2.45, 2.75) is 44.2 Å². The fraction of sp³-hybridized carbons (Fsp3) is 0.875. The maximum atomic E-state index is 9.53. The Bertz CT molecular complexity index is 121. The first-order valence-electron chi connectivity index (χ1n) is 3.82. The highest BCUT2D eigenvalue weighted by atomic mass is 16.3. The second-order valence-corrected chi connectivity index (χ2v) is 3.41. The van der Waals surface area contributed by atoms with Crippen LogP contribution in [-0.2, 0) is 0 Å². The molecule has 0 aromatic heterocycles. The van der Waals surface area contributed by atoms with Gasteiger partial charge in [0.15, 0.2) is 0 Å². The molecule has 0 aromatic carbocycles. The minimum absolute atomic E-state index is 0.403. The molecular formula is C8H15NO. The Morgan fingerprint density at radius 3 is 2.40 bits per heavy atom. The molecule has 0 unspecified atom stereocenters. The molecule has 1 saturated carbocycles. The molecule has 2 nitrogen and oxygen atoms in total. The smallest absolute Gasteiger partial charge is 0.0621 e. The van der Waals surface area contributed by atoms with Crippen LogP contribution in [0.2, 0.25) is 0 Å². The third kappa shape index (κ3) is 1.81. The van der Waals surface area contributed by atoms with Gasteiger partial charge >= 0.3 is 0 Å². The van der Waals surface area contributed by atoms with Gasteiger partial charge in [0.05, 0.1) is 5.60 Å². The van der Waals surface area contributed by atoms with Crippen molar-refractivity contribution in [1.29, 1.82) is 0 Å². The predicted octanol–water partition coefficient (Wildman–Crippen LogP) is 1.38. The van der Waals surface area contributed by atoms with Crippen LogP contribution in [-0.4, -0.2) is 23.5 Å². The third-order valence-corrected chi connectivity index (χ3v) is 2.29. The molecule has 0 radical (unpaired) electrons. The van der Waals surface area contributed by atoms with Crippen LogP contribution in [0.25, 0.3) is 0 Å². The summed E-state index contributed by atoms with van der Waals surface area (Å²) in [6, 6.07) is 0.403. The molecule has 2 heteroatoms. The van der Waals surface area contributed by atoms with Gasteiger partial charge in [-0.25, -0.2) is 0 Å². The van der Waals surface area contributed by atoms with E-state index in [9.17, 15) is 5.11 Å². The van der Waals surface area contributed by atoms with Crippen molar-refractivity contribution in [3.63, 3.8) is 0 Å². The molecule has 1 N–H and O–H groups in total. The largest absolute Gasteiger partial charge is 0.390 e. The lowest BCUT2D eigenvalue weighted by Crippen LogP contribution is -2.31. The topological polar surface area (TPSA) is 32.6 Å². The summed E-state index contributed by atoms with van der Waals surface area (Å²) < 4.78 is 0. The van der Waals surface area contributed by atoms with Gasteiger partial charge in [0.25, 0.3) is 0 Å². The highest BCUT2D eigenvalue weighted by Gasteiger charge is 2.27. The Balaban J connectivity index is 2.38. The van der Waals surface area contributed by atoms with E-state index in [1.54, 1.807) is 0 Å². The molecule has 0 aliphatic heterocycles. The van der Waals surface area contributed by atoms with Crippen molar-refractivity contribution >= 4 is 6.72 Å². The van der Waals surface area contributed by atoms with Gasteiger partial charge in [-0.1, -0.05) is 0 Å². The molecule has 1 aliphatic carbocycles. The van der Waals surface area contributed by atoms with E-state index in [2.05, 4.69) is 11.7 Å². The number of hydrogen-bond acceptors (Lipinski definition) is 2. The van der Waals surface area contributed by atoms with Gasteiger partial charge in [-0.15, -0.1) is 0 Å². The SMILES string of the molecule is C=NC1CCC(C)(O)CC1. The molecule has 0 atom stereocenters. The van der Waals surface area contributed by atoms with E-state index in [1.807, 2.05) is 6.92 Å². The number of aliphatic imine (C=N–C) groups is 1. The van der Waals surface area contributed by atoms with Gasteiger partial charge in [0.1, 0.15) is 0 Å². The Labute approximate surface area is 62.0 Å². The molecule has 0 spiro atoms. The summed E-state index contributed by atoms with van der Waals surface area (Å²) in [7, 11) is 0. The molecule has 0 bridgehead atoms. The number of nitrogens with zero attached hydrogens (tertiary/aromatic N) is 1. The van der Waals surface area contributed by atoms with E-state index in [0.29, 0.717) is 6.04 Å². The molecule has 1 rings (SSSR count). The summed E-state index contributed by atoms with van der Waals surface area (Å²) >= 11 is 0. The maximum absolute atomic E-state index is 9.53. The first-order valence-corrected chi connectivity index (χ1v) is 3.82. The second kappa shape index (κ2) is 2.70. The predicted molar refractivity (Wildman–Crippen MR) is 42.4 cm³/mol. The molecule has 1 aliphatic rings. The number of hydrogen-bond donors (Lipinski definition) is 1. The van der Waals surface area contributed by atoms with Crippen molar-refractivity contribution < 1.29 is 5.11 Å². The van der Waals surface area contributed by atoms with Crippen LogP contribution in [0.4, 0.5) is 0 Å². The molecule has 0 aromatic rings. The average molecular weight is 141 g/mol. The lowest BCUT2D eigenvalue weighted by molar-refractivity contribution is 0.0182. The zero-order valence-electron chi connectivity index (χ0n) is 6.51. The Morgan fingerprint density at radius 1 is 1.50 bits per heavy atom. The molecule has 0 amide bonds. The summed E-state index contributed by atoms with van der Waals surface area (Å²) in [5.74, 6) is 0. The third-order valence-electron chi connectivity index (χ3n) is 2.29. The zero-order chi connectivity index (χ0) is 7.61. The van der Waals surface area contributed by atoms with Crippen LogP contribution >= 0.6 is 0 Å². The van der Waals surface area contributed by atoms with E-state index < -0.39 is 5.60 Å². The Morgan fingerprint density at radius 2 is 2.00 bits per heavy atom. The number of aliphatic hydroxyl groups is 1. The molecule has 1 fully saturated rings. The van der Waals surface area contributed by atoms with Crippen LogP contribution in [0.5, 0.6) is 0 Å².